The largest absolute Gasteiger partial charge is 0.302 e. The molecule has 98 valence electrons. The Morgan fingerprint density at radius 2 is 1.50 bits per heavy atom. The van der Waals surface area contributed by atoms with Gasteiger partial charge in [-0.15, -0.1) is 0 Å². The molecule has 0 fully saturated rings. The average molecular weight is 260 g/mol. The molecule has 0 N–H and O–H groups in total. The van der Waals surface area contributed by atoms with E-state index in [4.69, 9.17) is 0 Å². The van der Waals surface area contributed by atoms with Crippen LogP contribution in [0, 0.1) is 0 Å². The number of carbonyl (C=O) groups is 1. The van der Waals surface area contributed by atoms with Crippen molar-refractivity contribution in [2.24, 2.45) is 0 Å². The molecule has 0 aliphatic heterocycles. The number of allylic oxidation sites excluding steroid dienone is 4. The summed E-state index contributed by atoms with van der Waals surface area (Å²) in [7, 11) is 0. The molecule has 0 saturated heterocycles. The minimum Gasteiger partial charge on any atom is -0.302 e. The first kappa shape index (κ1) is 12.6. The Balaban J connectivity index is 2.15. The maximum Gasteiger partial charge on any atom is 0.135 e. The van der Waals surface area contributed by atoms with Crippen LogP contribution in [0.2, 0.25) is 0 Å². The summed E-state index contributed by atoms with van der Waals surface area (Å²) in [5, 5.41) is 0. The van der Waals surface area contributed by atoms with Crippen LogP contribution in [0.3, 0.4) is 0 Å². The van der Waals surface area contributed by atoms with Crippen molar-refractivity contribution in [2.45, 2.75) is 11.3 Å². The van der Waals surface area contributed by atoms with Gasteiger partial charge in [0.1, 0.15) is 6.29 Å². The van der Waals surface area contributed by atoms with E-state index in [0.29, 0.717) is 0 Å². The molecule has 0 heterocycles. The third-order valence-electron chi connectivity index (χ3n) is 3.93. The van der Waals surface area contributed by atoms with Crippen molar-refractivity contribution in [3.05, 3.63) is 96.1 Å². The van der Waals surface area contributed by atoms with E-state index < -0.39 is 5.41 Å². The van der Waals surface area contributed by atoms with Crippen LogP contribution in [0.1, 0.15) is 17.0 Å². The fourth-order valence-electron chi connectivity index (χ4n) is 2.88. The van der Waals surface area contributed by atoms with E-state index in [1.165, 1.54) is 0 Å². The summed E-state index contributed by atoms with van der Waals surface area (Å²) in [5.74, 6) is 0.0357. The Hall–Kier alpha value is -2.41. The second-order valence-electron chi connectivity index (χ2n) is 5.05. The predicted octanol–water partition coefficient (Wildman–Crippen LogP) is 4.03. The zero-order valence-corrected chi connectivity index (χ0v) is 11.1. The molecule has 1 aliphatic rings. The van der Waals surface area contributed by atoms with E-state index in [1.807, 2.05) is 66.8 Å². The molecule has 20 heavy (non-hydrogen) atoms. The molecule has 0 bridgehead atoms. The van der Waals surface area contributed by atoms with Gasteiger partial charge in [0.2, 0.25) is 0 Å². The Morgan fingerprint density at radius 3 is 2.15 bits per heavy atom. The Kier molecular flexibility index (Phi) is 3.34. The van der Waals surface area contributed by atoms with Crippen LogP contribution in [0.25, 0.3) is 0 Å². The molecule has 2 aromatic carbocycles. The van der Waals surface area contributed by atoms with Crippen LogP contribution in [-0.2, 0) is 10.2 Å². The quantitative estimate of drug-likeness (QED) is 0.761. The first-order valence-corrected chi connectivity index (χ1v) is 6.80. The highest BCUT2D eigenvalue weighted by Gasteiger charge is 2.38. The zero-order chi connectivity index (χ0) is 13.8. The maximum absolute atomic E-state index is 12.0. The second-order valence-corrected chi connectivity index (χ2v) is 5.05. The fraction of sp³-hybridized carbons (Fsp3) is 0.105. The van der Waals surface area contributed by atoms with Crippen LogP contribution in [-0.4, -0.2) is 6.29 Å². The van der Waals surface area contributed by atoms with Gasteiger partial charge in [-0.2, -0.15) is 0 Å². The fourth-order valence-corrected chi connectivity index (χ4v) is 2.88. The van der Waals surface area contributed by atoms with Gasteiger partial charge in [-0.1, -0.05) is 85.0 Å². The molecule has 0 spiro atoms. The van der Waals surface area contributed by atoms with Crippen molar-refractivity contribution in [3.8, 4) is 0 Å². The lowest BCUT2D eigenvalue weighted by Gasteiger charge is -2.34. The molecular formula is C19H16O. The molecule has 2 aromatic rings. The van der Waals surface area contributed by atoms with Gasteiger partial charge in [0.25, 0.3) is 0 Å². The van der Waals surface area contributed by atoms with E-state index in [9.17, 15) is 4.79 Å². The molecule has 0 amide bonds. The van der Waals surface area contributed by atoms with Gasteiger partial charge < -0.3 is 4.79 Å². The van der Waals surface area contributed by atoms with Crippen molar-refractivity contribution in [2.75, 3.05) is 0 Å². The number of aldehydes is 1. The SMILES string of the molecule is O=CC1(c2ccccc2)C=CC=CC1c1ccccc1. The summed E-state index contributed by atoms with van der Waals surface area (Å²) in [5.41, 5.74) is 1.57. The van der Waals surface area contributed by atoms with Gasteiger partial charge in [-0.05, 0) is 11.1 Å². The van der Waals surface area contributed by atoms with E-state index in [2.05, 4.69) is 18.2 Å². The third kappa shape index (κ3) is 2.01. The van der Waals surface area contributed by atoms with Crippen LogP contribution in [0.4, 0.5) is 0 Å². The van der Waals surface area contributed by atoms with Gasteiger partial charge in [0.05, 0.1) is 5.41 Å². The van der Waals surface area contributed by atoms with Crippen molar-refractivity contribution in [1.82, 2.24) is 0 Å². The van der Waals surface area contributed by atoms with Crippen LogP contribution in [0.15, 0.2) is 85.0 Å². The van der Waals surface area contributed by atoms with Crippen molar-refractivity contribution < 1.29 is 4.79 Å². The molecular weight excluding hydrogens is 244 g/mol. The summed E-state index contributed by atoms with van der Waals surface area (Å²) in [6.07, 6.45) is 9.16. The van der Waals surface area contributed by atoms with E-state index in [-0.39, 0.29) is 5.92 Å². The Labute approximate surface area is 119 Å². The van der Waals surface area contributed by atoms with Crippen LogP contribution >= 0.6 is 0 Å². The van der Waals surface area contributed by atoms with E-state index in [1.54, 1.807) is 0 Å². The van der Waals surface area contributed by atoms with Gasteiger partial charge in [0, 0.05) is 5.92 Å². The molecule has 0 saturated carbocycles. The minimum atomic E-state index is -0.614. The number of rotatable bonds is 3. The summed E-state index contributed by atoms with van der Waals surface area (Å²) < 4.78 is 0. The highest BCUT2D eigenvalue weighted by atomic mass is 16.1. The predicted molar refractivity (Wildman–Crippen MR) is 81.6 cm³/mol. The zero-order valence-electron chi connectivity index (χ0n) is 11.1. The molecule has 2 atom stereocenters. The van der Waals surface area contributed by atoms with Gasteiger partial charge in [-0.3, -0.25) is 0 Å². The first-order valence-electron chi connectivity index (χ1n) is 6.80. The molecule has 1 heteroatoms. The van der Waals surface area contributed by atoms with E-state index in [0.717, 1.165) is 17.4 Å². The van der Waals surface area contributed by atoms with Gasteiger partial charge in [0.15, 0.2) is 0 Å². The van der Waals surface area contributed by atoms with Crippen molar-refractivity contribution >= 4 is 6.29 Å². The van der Waals surface area contributed by atoms with E-state index >= 15 is 0 Å². The van der Waals surface area contributed by atoms with Crippen molar-refractivity contribution in [1.29, 1.82) is 0 Å². The normalized spacial score (nSPS) is 24.5. The molecule has 0 radical (unpaired) electrons. The third-order valence-corrected chi connectivity index (χ3v) is 3.93. The lowest BCUT2D eigenvalue weighted by molar-refractivity contribution is -0.111. The molecule has 1 aliphatic carbocycles. The topological polar surface area (TPSA) is 17.1 Å². The first-order chi connectivity index (χ1) is 9.87. The highest BCUT2D eigenvalue weighted by Crippen LogP contribution is 2.41. The lowest BCUT2D eigenvalue weighted by atomic mass is 9.66. The monoisotopic (exact) mass is 260 g/mol. The molecule has 2 unspecified atom stereocenters. The summed E-state index contributed by atoms with van der Waals surface area (Å²) in [4.78, 5) is 12.0. The molecule has 3 rings (SSSR count). The smallest absolute Gasteiger partial charge is 0.135 e. The Bertz CT molecular complexity index is 640. The van der Waals surface area contributed by atoms with Crippen LogP contribution in [0.5, 0.6) is 0 Å². The van der Waals surface area contributed by atoms with Crippen LogP contribution < -0.4 is 0 Å². The number of benzene rings is 2. The lowest BCUT2D eigenvalue weighted by Crippen LogP contribution is -2.33. The van der Waals surface area contributed by atoms with Crippen molar-refractivity contribution in [3.63, 3.8) is 0 Å². The number of hydrogen-bond acceptors (Lipinski definition) is 1. The molecule has 0 aromatic heterocycles. The summed E-state index contributed by atoms with van der Waals surface area (Å²) in [6, 6.07) is 20.2. The number of hydrogen-bond donors (Lipinski definition) is 0. The highest BCUT2D eigenvalue weighted by molar-refractivity contribution is 5.76. The minimum absolute atomic E-state index is 0.0357. The van der Waals surface area contributed by atoms with Gasteiger partial charge in [-0.25, -0.2) is 0 Å². The maximum atomic E-state index is 12.0. The average Bonchev–Trinajstić information content (AvgIpc) is 2.56. The molecule has 1 nitrogen and oxygen atoms in total. The summed E-state index contributed by atoms with van der Waals surface area (Å²) in [6.45, 7) is 0. The van der Waals surface area contributed by atoms with Gasteiger partial charge >= 0.3 is 0 Å². The standard InChI is InChI=1S/C19H16O/c20-15-19(17-11-5-2-6-12-17)14-8-7-13-18(19)16-9-3-1-4-10-16/h1-15,18H. The Morgan fingerprint density at radius 1 is 0.850 bits per heavy atom. The second kappa shape index (κ2) is 5.30. The summed E-state index contributed by atoms with van der Waals surface area (Å²) >= 11 is 0. The number of carbonyl (C=O) groups excluding carboxylic acids is 1.